The van der Waals surface area contributed by atoms with Crippen molar-refractivity contribution < 1.29 is 19.4 Å². The van der Waals surface area contributed by atoms with Crippen molar-refractivity contribution in [2.75, 3.05) is 6.61 Å². The van der Waals surface area contributed by atoms with Gasteiger partial charge in [-0.25, -0.2) is 4.79 Å². The summed E-state index contributed by atoms with van der Waals surface area (Å²) in [6, 6.07) is 7.00. The molecule has 0 fully saturated rings. The van der Waals surface area contributed by atoms with Crippen LogP contribution in [0.15, 0.2) is 29.8 Å². The number of aryl methyl sites for hydroxylation is 1. The lowest BCUT2D eigenvalue weighted by atomic mass is 10.1. The molecule has 1 aromatic carbocycles. The van der Waals surface area contributed by atoms with Crippen LogP contribution in [0.2, 0.25) is 0 Å². The molecule has 1 rings (SSSR count). The molecule has 18 heavy (non-hydrogen) atoms. The number of carbonyl (C=O) groups excluding carboxylic acids is 2. The van der Waals surface area contributed by atoms with Crippen molar-refractivity contribution >= 4 is 17.5 Å². The molecule has 0 bridgehead atoms. The molecule has 0 aliphatic heterocycles. The molecule has 1 aromatic rings. The van der Waals surface area contributed by atoms with Crippen LogP contribution < -0.4 is 0 Å². The Morgan fingerprint density at radius 1 is 1.22 bits per heavy atom. The molecular weight excluding hydrogens is 232 g/mol. The van der Waals surface area contributed by atoms with Crippen LogP contribution in [0.1, 0.15) is 25.0 Å². The summed E-state index contributed by atoms with van der Waals surface area (Å²) in [5.41, 5.74) is 1.52. The maximum Gasteiger partial charge on any atom is 0.379 e. The quantitative estimate of drug-likeness (QED) is 0.384. The van der Waals surface area contributed by atoms with Crippen LogP contribution in [0.4, 0.5) is 0 Å². The van der Waals surface area contributed by atoms with Gasteiger partial charge in [0.15, 0.2) is 0 Å². The predicted molar refractivity (Wildman–Crippen MR) is 68.0 cm³/mol. The minimum absolute atomic E-state index is 0.0164. The lowest BCUT2D eigenvalue weighted by Crippen LogP contribution is -2.19. The fraction of sp³-hybridized carbons (Fsp3) is 0.286. The van der Waals surface area contributed by atoms with Crippen molar-refractivity contribution in [3.05, 3.63) is 41.0 Å². The zero-order chi connectivity index (χ0) is 13.7. The van der Waals surface area contributed by atoms with Gasteiger partial charge in [0.25, 0.3) is 5.78 Å². The summed E-state index contributed by atoms with van der Waals surface area (Å²) in [6.07, 6.45) is 0. The van der Waals surface area contributed by atoms with Crippen LogP contribution in [0.25, 0.3) is 5.76 Å². The van der Waals surface area contributed by atoms with Crippen molar-refractivity contribution in [3.63, 3.8) is 0 Å². The van der Waals surface area contributed by atoms with Gasteiger partial charge in [-0.3, -0.25) is 4.79 Å². The van der Waals surface area contributed by atoms with Crippen LogP contribution in [0, 0.1) is 6.92 Å². The van der Waals surface area contributed by atoms with Crippen LogP contribution >= 0.6 is 0 Å². The second-order valence-corrected chi connectivity index (χ2v) is 3.89. The Hall–Kier alpha value is -2.10. The third-order valence-electron chi connectivity index (χ3n) is 2.48. The van der Waals surface area contributed by atoms with Crippen molar-refractivity contribution in [3.8, 4) is 0 Å². The van der Waals surface area contributed by atoms with Crippen LogP contribution in [-0.2, 0) is 14.3 Å². The van der Waals surface area contributed by atoms with E-state index in [-0.39, 0.29) is 17.9 Å². The Morgan fingerprint density at radius 3 is 2.28 bits per heavy atom. The number of rotatable bonds is 4. The molecule has 1 N–H and O–H groups in total. The lowest BCUT2D eigenvalue weighted by molar-refractivity contribution is -0.151. The fourth-order valence-corrected chi connectivity index (χ4v) is 1.39. The largest absolute Gasteiger partial charge is 0.507 e. The van der Waals surface area contributed by atoms with E-state index in [2.05, 4.69) is 4.74 Å². The Balaban J connectivity index is 3.01. The van der Waals surface area contributed by atoms with E-state index >= 15 is 0 Å². The Bertz CT molecular complexity index is 483. The normalized spacial score (nSPS) is 11.7. The second kappa shape index (κ2) is 6.00. The second-order valence-electron chi connectivity index (χ2n) is 3.89. The standard InChI is InChI=1S/C14H16O4/c1-4-18-14(17)13(16)10(3)12(15)11-7-5-9(2)6-8-11/h5-8,15H,4H2,1-3H3. The van der Waals surface area contributed by atoms with Gasteiger partial charge in [0, 0.05) is 11.1 Å². The van der Waals surface area contributed by atoms with E-state index in [4.69, 9.17) is 0 Å². The number of Topliss-reactive ketones (excluding diaryl/α,β-unsaturated/α-hetero) is 1. The maximum absolute atomic E-state index is 11.6. The average Bonchev–Trinajstić information content (AvgIpc) is 2.37. The first kappa shape index (κ1) is 14.0. The average molecular weight is 248 g/mol. The van der Waals surface area contributed by atoms with Crippen molar-refractivity contribution in [2.45, 2.75) is 20.8 Å². The molecule has 4 heteroatoms. The van der Waals surface area contributed by atoms with Gasteiger partial charge >= 0.3 is 5.97 Å². The molecule has 0 unspecified atom stereocenters. The van der Waals surface area contributed by atoms with E-state index in [1.807, 2.05) is 19.1 Å². The van der Waals surface area contributed by atoms with E-state index in [0.29, 0.717) is 5.56 Å². The minimum Gasteiger partial charge on any atom is -0.507 e. The SMILES string of the molecule is CCOC(=O)C(=O)C(C)=C(O)c1ccc(C)cc1. The summed E-state index contributed by atoms with van der Waals surface area (Å²) in [6.45, 7) is 5.06. The molecule has 0 saturated carbocycles. The number of esters is 1. The Labute approximate surface area is 106 Å². The number of benzene rings is 1. The van der Waals surface area contributed by atoms with Crippen LogP contribution in [0.5, 0.6) is 0 Å². The first-order valence-electron chi connectivity index (χ1n) is 5.65. The third kappa shape index (κ3) is 3.20. The van der Waals surface area contributed by atoms with Gasteiger partial charge < -0.3 is 9.84 Å². The molecule has 0 saturated heterocycles. The van der Waals surface area contributed by atoms with Crippen LogP contribution in [-0.4, -0.2) is 23.5 Å². The summed E-state index contributed by atoms with van der Waals surface area (Å²) in [5, 5.41) is 9.92. The summed E-state index contributed by atoms with van der Waals surface area (Å²) in [7, 11) is 0. The van der Waals surface area contributed by atoms with Crippen molar-refractivity contribution in [2.24, 2.45) is 0 Å². The number of aliphatic hydroxyl groups excluding tert-OH is 1. The smallest absolute Gasteiger partial charge is 0.379 e. The molecule has 0 aromatic heterocycles. The van der Waals surface area contributed by atoms with Gasteiger partial charge in [-0.1, -0.05) is 29.8 Å². The van der Waals surface area contributed by atoms with Gasteiger partial charge in [-0.05, 0) is 20.8 Å². The number of aliphatic hydroxyl groups is 1. The molecular formula is C14H16O4. The van der Waals surface area contributed by atoms with E-state index in [0.717, 1.165) is 5.56 Å². The first-order valence-corrected chi connectivity index (χ1v) is 5.65. The van der Waals surface area contributed by atoms with Gasteiger partial charge in [0.1, 0.15) is 5.76 Å². The Morgan fingerprint density at radius 2 is 1.78 bits per heavy atom. The van der Waals surface area contributed by atoms with Gasteiger partial charge in [-0.2, -0.15) is 0 Å². The summed E-state index contributed by atoms with van der Waals surface area (Å²) in [5.74, 6) is -1.98. The fourth-order valence-electron chi connectivity index (χ4n) is 1.39. The maximum atomic E-state index is 11.6. The zero-order valence-electron chi connectivity index (χ0n) is 10.7. The van der Waals surface area contributed by atoms with E-state index in [1.54, 1.807) is 19.1 Å². The minimum atomic E-state index is -0.950. The summed E-state index contributed by atoms with van der Waals surface area (Å²) in [4.78, 5) is 22.9. The molecule has 0 radical (unpaired) electrons. The number of hydrogen-bond donors (Lipinski definition) is 1. The highest BCUT2D eigenvalue weighted by atomic mass is 16.5. The molecule has 0 aliphatic rings. The highest BCUT2D eigenvalue weighted by Gasteiger charge is 2.20. The first-order chi connectivity index (χ1) is 8.47. The van der Waals surface area contributed by atoms with E-state index < -0.39 is 11.8 Å². The zero-order valence-corrected chi connectivity index (χ0v) is 10.7. The molecule has 4 nitrogen and oxygen atoms in total. The van der Waals surface area contributed by atoms with Gasteiger partial charge in [0.05, 0.1) is 6.61 Å². The summed E-state index contributed by atoms with van der Waals surface area (Å²) >= 11 is 0. The molecule has 96 valence electrons. The highest BCUT2D eigenvalue weighted by Crippen LogP contribution is 2.17. The van der Waals surface area contributed by atoms with Crippen LogP contribution in [0.3, 0.4) is 0 Å². The molecule has 0 heterocycles. The molecule has 0 amide bonds. The third-order valence-corrected chi connectivity index (χ3v) is 2.48. The number of hydrogen-bond acceptors (Lipinski definition) is 4. The number of carbonyl (C=O) groups is 2. The Kier molecular flexibility index (Phi) is 4.66. The predicted octanol–water partition coefficient (Wildman–Crippen LogP) is 2.42. The van der Waals surface area contributed by atoms with E-state index in [1.165, 1.54) is 6.92 Å². The molecule has 0 aliphatic carbocycles. The van der Waals surface area contributed by atoms with E-state index in [9.17, 15) is 14.7 Å². The monoisotopic (exact) mass is 248 g/mol. The van der Waals surface area contributed by atoms with Gasteiger partial charge in [0.2, 0.25) is 0 Å². The molecule has 0 spiro atoms. The number of ketones is 1. The lowest BCUT2D eigenvalue weighted by Gasteiger charge is -2.06. The topological polar surface area (TPSA) is 63.6 Å². The van der Waals surface area contributed by atoms with Crippen molar-refractivity contribution in [1.82, 2.24) is 0 Å². The van der Waals surface area contributed by atoms with Crippen molar-refractivity contribution in [1.29, 1.82) is 0 Å². The highest BCUT2D eigenvalue weighted by molar-refractivity contribution is 6.41. The molecule has 0 atom stereocenters. The number of ether oxygens (including phenoxy) is 1. The summed E-state index contributed by atoms with van der Waals surface area (Å²) < 4.78 is 4.60. The van der Waals surface area contributed by atoms with Gasteiger partial charge in [-0.15, -0.1) is 0 Å².